The van der Waals surface area contributed by atoms with E-state index in [1.54, 1.807) is 0 Å². The van der Waals surface area contributed by atoms with Crippen LogP contribution in [0, 0.1) is 12.3 Å². The molecule has 2 rings (SSSR count). The average molecular weight is 328 g/mol. The maximum absolute atomic E-state index is 4.51. The summed E-state index contributed by atoms with van der Waals surface area (Å²) in [4.78, 5) is 0. The molecule has 19 heavy (non-hydrogen) atoms. The van der Waals surface area contributed by atoms with Crippen molar-refractivity contribution in [1.82, 2.24) is 15.1 Å². The Balaban J connectivity index is 2.10. The minimum atomic E-state index is 0.197. The fourth-order valence-corrected chi connectivity index (χ4v) is 3.25. The third-order valence-electron chi connectivity index (χ3n) is 4.21. The Kier molecular flexibility index (Phi) is 4.12. The van der Waals surface area contributed by atoms with E-state index < -0.39 is 0 Å². The van der Waals surface area contributed by atoms with E-state index in [9.17, 15) is 0 Å². The Hall–Kier alpha value is -0.350. The lowest BCUT2D eigenvalue weighted by atomic mass is 9.65. The first kappa shape index (κ1) is 15.0. The van der Waals surface area contributed by atoms with Gasteiger partial charge in [0, 0.05) is 19.1 Å². The summed E-state index contributed by atoms with van der Waals surface area (Å²) in [5, 5.41) is 8.20. The fraction of sp³-hybridized carbons (Fsp3) is 0.800. The monoisotopic (exact) mass is 327 g/mol. The van der Waals surface area contributed by atoms with Crippen molar-refractivity contribution in [2.24, 2.45) is 12.5 Å². The van der Waals surface area contributed by atoms with Gasteiger partial charge in [0.05, 0.1) is 15.9 Å². The van der Waals surface area contributed by atoms with Crippen molar-refractivity contribution in [2.45, 2.75) is 58.9 Å². The Bertz CT molecular complexity index is 453. The molecule has 1 N–H and O–H groups in total. The molecule has 0 bridgehead atoms. The van der Waals surface area contributed by atoms with E-state index in [4.69, 9.17) is 0 Å². The van der Waals surface area contributed by atoms with Gasteiger partial charge in [0.15, 0.2) is 0 Å². The van der Waals surface area contributed by atoms with Crippen molar-refractivity contribution >= 4 is 15.9 Å². The third kappa shape index (κ3) is 3.40. The number of aryl methyl sites for hydroxylation is 2. The molecule has 0 atom stereocenters. The van der Waals surface area contributed by atoms with Crippen LogP contribution in [0.3, 0.4) is 0 Å². The molecule has 0 saturated heterocycles. The number of aromatic nitrogens is 2. The molecule has 1 aromatic heterocycles. The molecule has 0 aromatic carbocycles. The van der Waals surface area contributed by atoms with Gasteiger partial charge in [-0.05, 0) is 68.3 Å². The van der Waals surface area contributed by atoms with Gasteiger partial charge in [-0.3, -0.25) is 4.68 Å². The topological polar surface area (TPSA) is 29.9 Å². The Morgan fingerprint density at radius 2 is 2.00 bits per heavy atom. The largest absolute Gasteiger partial charge is 0.312 e. The molecule has 1 fully saturated rings. The van der Waals surface area contributed by atoms with Gasteiger partial charge >= 0.3 is 0 Å². The van der Waals surface area contributed by atoms with E-state index >= 15 is 0 Å². The van der Waals surface area contributed by atoms with Crippen LogP contribution < -0.4 is 5.32 Å². The van der Waals surface area contributed by atoms with Gasteiger partial charge in [-0.1, -0.05) is 6.42 Å². The van der Waals surface area contributed by atoms with Crippen LogP contribution in [0.5, 0.6) is 0 Å². The number of nitrogens with zero attached hydrogens (tertiary/aromatic N) is 2. The summed E-state index contributed by atoms with van der Waals surface area (Å²) in [7, 11) is 2.05. The molecule has 1 heterocycles. The number of halogens is 1. The summed E-state index contributed by atoms with van der Waals surface area (Å²) in [6.07, 6.45) is 5.13. The lowest BCUT2D eigenvalue weighted by Gasteiger charge is -2.44. The van der Waals surface area contributed by atoms with Crippen molar-refractivity contribution in [2.75, 3.05) is 6.54 Å². The van der Waals surface area contributed by atoms with Crippen molar-refractivity contribution in [3.63, 3.8) is 0 Å². The van der Waals surface area contributed by atoms with E-state index in [-0.39, 0.29) is 5.54 Å². The number of rotatable bonds is 4. The van der Waals surface area contributed by atoms with Gasteiger partial charge in [0.1, 0.15) is 0 Å². The highest BCUT2D eigenvalue weighted by molar-refractivity contribution is 9.10. The highest BCUT2D eigenvalue weighted by atomic mass is 79.9. The van der Waals surface area contributed by atoms with Crippen LogP contribution >= 0.6 is 15.9 Å². The molecule has 1 aromatic rings. The predicted molar refractivity (Wildman–Crippen MR) is 83.4 cm³/mol. The van der Waals surface area contributed by atoms with Crippen molar-refractivity contribution in [3.05, 3.63) is 15.9 Å². The van der Waals surface area contributed by atoms with Crippen LogP contribution in [0.15, 0.2) is 4.47 Å². The molecule has 1 saturated carbocycles. The molecular weight excluding hydrogens is 302 g/mol. The SMILES string of the molecule is Cc1nn(C)c(CC2(CNC(C)(C)C)CCC2)c1Br. The van der Waals surface area contributed by atoms with Gasteiger partial charge in [-0.15, -0.1) is 0 Å². The van der Waals surface area contributed by atoms with E-state index in [0.717, 1.165) is 18.7 Å². The fourth-order valence-electron chi connectivity index (χ4n) is 2.77. The Morgan fingerprint density at radius 1 is 1.37 bits per heavy atom. The maximum Gasteiger partial charge on any atom is 0.0738 e. The molecule has 4 heteroatoms. The van der Waals surface area contributed by atoms with Gasteiger partial charge in [0.25, 0.3) is 0 Å². The molecule has 1 aliphatic carbocycles. The van der Waals surface area contributed by atoms with E-state index in [1.807, 2.05) is 4.68 Å². The molecule has 3 nitrogen and oxygen atoms in total. The normalized spacial score (nSPS) is 18.4. The van der Waals surface area contributed by atoms with Gasteiger partial charge in [-0.2, -0.15) is 5.10 Å². The first-order valence-corrected chi connectivity index (χ1v) is 7.95. The standard InChI is InChI=1S/C15H26BrN3/c1-11-13(16)12(19(5)18-11)9-15(7-6-8-15)10-17-14(2,3)4/h17H,6-10H2,1-5H3. The minimum Gasteiger partial charge on any atom is -0.312 e. The van der Waals surface area contributed by atoms with Crippen LogP contribution in [0.4, 0.5) is 0 Å². The van der Waals surface area contributed by atoms with Crippen molar-refractivity contribution < 1.29 is 0 Å². The second kappa shape index (κ2) is 5.21. The van der Waals surface area contributed by atoms with E-state index in [0.29, 0.717) is 5.41 Å². The molecular formula is C15H26BrN3. The van der Waals surface area contributed by atoms with Crippen LogP contribution in [0.1, 0.15) is 51.4 Å². The van der Waals surface area contributed by atoms with E-state index in [2.05, 4.69) is 61.1 Å². The van der Waals surface area contributed by atoms with Crippen LogP contribution in [-0.4, -0.2) is 21.9 Å². The number of hydrogen-bond acceptors (Lipinski definition) is 2. The lowest BCUT2D eigenvalue weighted by Crippen LogP contribution is -2.48. The summed E-state index contributed by atoms with van der Waals surface area (Å²) >= 11 is 3.69. The zero-order chi connectivity index (χ0) is 14.3. The second-order valence-corrected chi connectivity index (χ2v) is 7.90. The highest BCUT2D eigenvalue weighted by Crippen LogP contribution is 2.44. The average Bonchev–Trinajstić information content (AvgIpc) is 2.46. The Morgan fingerprint density at radius 3 is 2.37 bits per heavy atom. The molecule has 0 unspecified atom stereocenters. The van der Waals surface area contributed by atoms with Gasteiger partial charge in [-0.25, -0.2) is 0 Å². The van der Waals surface area contributed by atoms with Gasteiger partial charge < -0.3 is 5.32 Å². The lowest BCUT2D eigenvalue weighted by molar-refractivity contribution is 0.115. The first-order valence-electron chi connectivity index (χ1n) is 7.15. The summed E-state index contributed by atoms with van der Waals surface area (Å²) in [6.45, 7) is 9.89. The predicted octanol–water partition coefficient (Wildman–Crippen LogP) is 3.59. The Labute approximate surface area is 125 Å². The quantitative estimate of drug-likeness (QED) is 0.915. The first-order chi connectivity index (χ1) is 8.72. The van der Waals surface area contributed by atoms with Crippen molar-refractivity contribution in [3.8, 4) is 0 Å². The van der Waals surface area contributed by atoms with Crippen molar-refractivity contribution in [1.29, 1.82) is 0 Å². The summed E-state index contributed by atoms with van der Waals surface area (Å²) in [6, 6.07) is 0. The summed E-state index contributed by atoms with van der Waals surface area (Å²) in [5.74, 6) is 0. The third-order valence-corrected chi connectivity index (χ3v) is 5.24. The molecule has 0 spiro atoms. The number of nitrogens with one attached hydrogen (secondary N) is 1. The zero-order valence-electron chi connectivity index (χ0n) is 12.8. The van der Waals surface area contributed by atoms with Crippen LogP contribution in [-0.2, 0) is 13.5 Å². The number of hydrogen-bond donors (Lipinski definition) is 1. The smallest absolute Gasteiger partial charge is 0.0738 e. The highest BCUT2D eigenvalue weighted by Gasteiger charge is 2.39. The zero-order valence-corrected chi connectivity index (χ0v) is 14.4. The van der Waals surface area contributed by atoms with Gasteiger partial charge in [0.2, 0.25) is 0 Å². The summed E-state index contributed by atoms with van der Waals surface area (Å²) in [5.41, 5.74) is 3.06. The minimum absolute atomic E-state index is 0.197. The summed E-state index contributed by atoms with van der Waals surface area (Å²) < 4.78 is 3.23. The molecule has 0 amide bonds. The maximum atomic E-state index is 4.51. The molecule has 108 valence electrons. The van der Waals surface area contributed by atoms with Crippen LogP contribution in [0.2, 0.25) is 0 Å². The molecule has 0 aliphatic heterocycles. The molecule has 1 aliphatic rings. The van der Waals surface area contributed by atoms with Crippen LogP contribution in [0.25, 0.3) is 0 Å². The second-order valence-electron chi connectivity index (χ2n) is 7.10. The molecule has 0 radical (unpaired) electrons. The van der Waals surface area contributed by atoms with E-state index in [1.165, 1.54) is 29.4 Å².